The molecule has 21 heavy (non-hydrogen) atoms. The highest BCUT2D eigenvalue weighted by atomic mass is 32.2. The molecule has 5 heteroatoms. The van der Waals surface area contributed by atoms with E-state index in [2.05, 4.69) is 36.4 Å². The Morgan fingerprint density at radius 3 is 2.67 bits per heavy atom. The quantitative estimate of drug-likeness (QED) is 0.801. The van der Waals surface area contributed by atoms with Crippen molar-refractivity contribution in [1.29, 1.82) is 0 Å². The topological polar surface area (TPSA) is 49.8 Å². The number of nitrogens with one attached hydrogen (secondary N) is 2. The van der Waals surface area contributed by atoms with Crippen LogP contribution in [-0.4, -0.2) is 34.1 Å². The van der Waals surface area contributed by atoms with E-state index in [4.69, 9.17) is 4.98 Å². The zero-order valence-corrected chi connectivity index (χ0v) is 14.4. The van der Waals surface area contributed by atoms with Gasteiger partial charge in [0.15, 0.2) is 0 Å². The molecule has 1 aliphatic heterocycles. The van der Waals surface area contributed by atoms with Crippen molar-refractivity contribution in [2.45, 2.75) is 58.9 Å². The van der Waals surface area contributed by atoms with E-state index in [1.807, 2.05) is 11.8 Å². The van der Waals surface area contributed by atoms with Gasteiger partial charge in [0.1, 0.15) is 17.5 Å². The molecular formula is C16H28N4S. The summed E-state index contributed by atoms with van der Waals surface area (Å²) >= 11 is 2.04. The molecule has 1 aliphatic rings. The van der Waals surface area contributed by atoms with E-state index in [1.54, 1.807) is 0 Å². The molecule has 2 N–H and O–H groups in total. The van der Waals surface area contributed by atoms with Gasteiger partial charge >= 0.3 is 0 Å². The second kappa shape index (κ2) is 8.47. The number of hydrogen-bond donors (Lipinski definition) is 2. The van der Waals surface area contributed by atoms with Gasteiger partial charge in [0.2, 0.25) is 0 Å². The third kappa shape index (κ3) is 4.77. The first kappa shape index (κ1) is 16.4. The molecule has 0 saturated carbocycles. The third-order valence-electron chi connectivity index (χ3n) is 3.71. The number of anilines is 2. The van der Waals surface area contributed by atoms with Crippen LogP contribution in [-0.2, 0) is 6.42 Å². The Hall–Kier alpha value is -0.970. The van der Waals surface area contributed by atoms with Crippen LogP contribution in [0.3, 0.4) is 0 Å². The van der Waals surface area contributed by atoms with E-state index >= 15 is 0 Å². The zero-order valence-electron chi connectivity index (χ0n) is 13.5. The van der Waals surface area contributed by atoms with Gasteiger partial charge in [-0.05, 0) is 38.4 Å². The van der Waals surface area contributed by atoms with E-state index < -0.39 is 0 Å². The van der Waals surface area contributed by atoms with Crippen molar-refractivity contribution >= 4 is 23.4 Å². The standard InChI is InChI=1S/C16H28N4S/c1-4-7-14-19-15(17-9-5-2)12(3)16(20-14)18-13-8-6-10-21-11-13/h13H,4-11H2,1-3H3,(H2,17,18,19,20). The highest BCUT2D eigenvalue weighted by Gasteiger charge is 2.17. The lowest BCUT2D eigenvalue weighted by Crippen LogP contribution is -2.27. The van der Waals surface area contributed by atoms with Gasteiger partial charge < -0.3 is 10.6 Å². The summed E-state index contributed by atoms with van der Waals surface area (Å²) in [6.07, 6.45) is 5.67. The van der Waals surface area contributed by atoms with E-state index in [-0.39, 0.29) is 0 Å². The Morgan fingerprint density at radius 1 is 1.19 bits per heavy atom. The largest absolute Gasteiger partial charge is 0.370 e. The summed E-state index contributed by atoms with van der Waals surface area (Å²) in [6, 6.07) is 0.547. The summed E-state index contributed by atoms with van der Waals surface area (Å²) < 4.78 is 0. The van der Waals surface area contributed by atoms with Gasteiger partial charge in [-0.25, -0.2) is 9.97 Å². The summed E-state index contributed by atoms with van der Waals surface area (Å²) in [5.74, 6) is 5.46. The minimum Gasteiger partial charge on any atom is -0.370 e. The Balaban J connectivity index is 2.17. The molecule has 0 aliphatic carbocycles. The Kier molecular flexibility index (Phi) is 6.61. The van der Waals surface area contributed by atoms with Gasteiger partial charge in [-0.2, -0.15) is 11.8 Å². The second-order valence-electron chi connectivity index (χ2n) is 5.70. The summed E-state index contributed by atoms with van der Waals surface area (Å²) in [5, 5.41) is 7.10. The molecule has 1 atom stereocenters. The molecule has 1 saturated heterocycles. The molecule has 0 radical (unpaired) electrons. The fourth-order valence-corrected chi connectivity index (χ4v) is 3.57. The molecule has 1 aromatic rings. The molecule has 0 amide bonds. The lowest BCUT2D eigenvalue weighted by atomic mass is 10.1. The lowest BCUT2D eigenvalue weighted by molar-refractivity contribution is 0.679. The van der Waals surface area contributed by atoms with Crippen LogP contribution in [0.2, 0.25) is 0 Å². The maximum absolute atomic E-state index is 4.75. The highest BCUT2D eigenvalue weighted by Crippen LogP contribution is 2.25. The molecule has 2 rings (SSSR count). The van der Waals surface area contributed by atoms with Gasteiger partial charge in [0.05, 0.1) is 0 Å². The Bertz CT molecular complexity index is 444. The molecule has 1 unspecified atom stereocenters. The fourth-order valence-electron chi connectivity index (χ4n) is 2.50. The molecule has 0 spiro atoms. The predicted molar refractivity (Wildman–Crippen MR) is 93.5 cm³/mol. The van der Waals surface area contributed by atoms with Gasteiger partial charge in [-0.3, -0.25) is 0 Å². The van der Waals surface area contributed by atoms with E-state index in [0.717, 1.165) is 48.8 Å². The van der Waals surface area contributed by atoms with Crippen molar-refractivity contribution in [2.24, 2.45) is 0 Å². The number of aromatic nitrogens is 2. The summed E-state index contributed by atoms with van der Waals surface area (Å²) in [7, 11) is 0. The molecule has 0 bridgehead atoms. The van der Waals surface area contributed by atoms with Crippen molar-refractivity contribution in [3.05, 3.63) is 11.4 Å². The van der Waals surface area contributed by atoms with Crippen molar-refractivity contribution in [3.63, 3.8) is 0 Å². The number of rotatable bonds is 7. The lowest BCUT2D eigenvalue weighted by Gasteiger charge is -2.24. The van der Waals surface area contributed by atoms with Crippen molar-refractivity contribution in [3.8, 4) is 0 Å². The minimum absolute atomic E-state index is 0.547. The van der Waals surface area contributed by atoms with Gasteiger partial charge in [0, 0.05) is 30.3 Å². The molecule has 2 heterocycles. The third-order valence-corrected chi connectivity index (χ3v) is 4.92. The van der Waals surface area contributed by atoms with Gasteiger partial charge in [-0.15, -0.1) is 0 Å². The first-order valence-corrected chi connectivity index (χ1v) is 9.35. The average molecular weight is 308 g/mol. The van der Waals surface area contributed by atoms with Gasteiger partial charge in [0.25, 0.3) is 0 Å². The maximum atomic E-state index is 4.75. The molecule has 1 aromatic heterocycles. The highest BCUT2D eigenvalue weighted by molar-refractivity contribution is 7.99. The van der Waals surface area contributed by atoms with Crippen molar-refractivity contribution in [2.75, 3.05) is 28.7 Å². The predicted octanol–water partition coefficient (Wildman–Crippen LogP) is 3.87. The summed E-state index contributed by atoms with van der Waals surface area (Å²) in [5.41, 5.74) is 1.15. The zero-order chi connectivity index (χ0) is 15.1. The van der Waals surface area contributed by atoms with Crippen molar-refractivity contribution in [1.82, 2.24) is 9.97 Å². The molecule has 118 valence electrons. The number of nitrogens with zero attached hydrogens (tertiary/aromatic N) is 2. The summed E-state index contributed by atoms with van der Waals surface area (Å²) in [6.45, 7) is 7.43. The maximum Gasteiger partial charge on any atom is 0.135 e. The number of hydrogen-bond acceptors (Lipinski definition) is 5. The normalized spacial score (nSPS) is 18.5. The van der Waals surface area contributed by atoms with E-state index in [0.29, 0.717) is 6.04 Å². The summed E-state index contributed by atoms with van der Waals surface area (Å²) in [4.78, 5) is 9.44. The second-order valence-corrected chi connectivity index (χ2v) is 6.85. The van der Waals surface area contributed by atoms with Crippen LogP contribution in [0.1, 0.15) is 50.9 Å². The van der Waals surface area contributed by atoms with Gasteiger partial charge in [-0.1, -0.05) is 13.8 Å². The van der Waals surface area contributed by atoms with Crippen LogP contribution < -0.4 is 10.6 Å². The van der Waals surface area contributed by atoms with Crippen LogP contribution in [0.5, 0.6) is 0 Å². The van der Waals surface area contributed by atoms with Crippen molar-refractivity contribution < 1.29 is 0 Å². The minimum atomic E-state index is 0.547. The molecule has 1 fully saturated rings. The molecule has 0 aromatic carbocycles. The van der Waals surface area contributed by atoms with Crippen LogP contribution >= 0.6 is 11.8 Å². The first-order valence-electron chi connectivity index (χ1n) is 8.20. The van der Waals surface area contributed by atoms with Crippen LogP contribution in [0, 0.1) is 6.92 Å². The van der Waals surface area contributed by atoms with Crippen LogP contribution in [0.4, 0.5) is 11.6 Å². The smallest absolute Gasteiger partial charge is 0.135 e. The fraction of sp³-hybridized carbons (Fsp3) is 0.750. The molecular weight excluding hydrogens is 280 g/mol. The molecule has 4 nitrogen and oxygen atoms in total. The van der Waals surface area contributed by atoms with Crippen LogP contribution in [0.25, 0.3) is 0 Å². The van der Waals surface area contributed by atoms with E-state index in [9.17, 15) is 0 Å². The monoisotopic (exact) mass is 308 g/mol. The number of aryl methyl sites for hydroxylation is 1. The Labute approximate surface area is 132 Å². The van der Waals surface area contributed by atoms with E-state index in [1.165, 1.54) is 24.3 Å². The average Bonchev–Trinajstić information content (AvgIpc) is 2.50. The Morgan fingerprint density at radius 2 is 2.00 bits per heavy atom. The first-order chi connectivity index (χ1) is 10.2. The number of thioether (sulfide) groups is 1. The van der Waals surface area contributed by atoms with Crippen LogP contribution in [0.15, 0.2) is 0 Å². The SMILES string of the molecule is CCCNc1nc(CCC)nc(NC2CCCSC2)c1C.